The van der Waals surface area contributed by atoms with E-state index in [1.807, 2.05) is 43.3 Å². The summed E-state index contributed by atoms with van der Waals surface area (Å²) in [5.74, 6) is 0.879. The molecule has 0 aliphatic carbocycles. The zero-order chi connectivity index (χ0) is 20.4. The predicted octanol–water partition coefficient (Wildman–Crippen LogP) is 3.84. The van der Waals surface area contributed by atoms with Gasteiger partial charge in [0.2, 0.25) is 5.91 Å². The van der Waals surface area contributed by atoms with Crippen LogP contribution in [-0.4, -0.2) is 33.4 Å². The Morgan fingerprint density at radius 2 is 1.97 bits per heavy atom. The summed E-state index contributed by atoms with van der Waals surface area (Å²) < 4.78 is 13.1. The normalized spacial score (nSPS) is 18.7. The third kappa shape index (κ3) is 3.94. The average molecular weight is 391 g/mol. The maximum atomic E-state index is 13.1. The number of benzene rings is 1. The Hall–Kier alpha value is -3.35. The summed E-state index contributed by atoms with van der Waals surface area (Å²) in [5, 5.41) is 3.02. The highest BCUT2D eigenvalue weighted by molar-refractivity contribution is 5.98. The van der Waals surface area contributed by atoms with Crippen molar-refractivity contribution in [2.75, 3.05) is 16.8 Å². The number of hydrogen-bond acceptors (Lipinski definition) is 5. The molecule has 6 nitrogen and oxygen atoms in total. The number of pyridine rings is 1. The Morgan fingerprint density at radius 1 is 1.17 bits per heavy atom. The number of nitrogens with zero attached hydrogens (tertiary/aromatic N) is 4. The molecule has 1 aliphatic rings. The van der Waals surface area contributed by atoms with Crippen molar-refractivity contribution in [3.63, 3.8) is 0 Å². The van der Waals surface area contributed by atoms with Gasteiger partial charge < -0.3 is 10.2 Å². The summed E-state index contributed by atoms with van der Waals surface area (Å²) in [6.07, 6.45) is 4.94. The van der Waals surface area contributed by atoms with Gasteiger partial charge in [0.1, 0.15) is 11.9 Å². The third-order valence-corrected chi connectivity index (χ3v) is 5.28. The molecule has 0 bridgehead atoms. The van der Waals surface area contributed by atoms with Crippen molar-refractivity contribution in [1.29, 1.82) is 0 Å². The van der Waals surface area contributed by atoms with Crippen LogP contribution in [0.3, 0.4) is 0 Å². The first kappa shape index (κ1) is 19.0. The number of carbonyl (C=O) groups is 1. The van der Waals surface area contributed by atoms with Crippen LogP contribution in [0.15, 0.2) is 55.0 Å². The average Bonchev–Trinajstić information content (AvgIpc) is 3.12. The van der Waals surface area contributed by atoms with Crippen molar-refractivity contribution >= 4 is 17.4 Å². The maximum Gasteiger partial charge on any atom is 0.247 e. The molecule has 3 aromatic rings. The van der Waals surface area contributed by atoms with E-state index in [-0.39, 0.29) is 17.9 Å². The van der Waals surface area contributed by atoms with Crippen molar-refractivity contribution in [2.24, 2.45) is 5.92 Å². The highest BCUT2D eigenvalue weighted by Crippen LogP contribution is 2.30. The second kappa shape index (κ2) is 7.95. The van der Waals surface area contributed by atoms with Gasteiger partial charge in [0, 0.05) is 24.0 Å². The number of hydrogen-bond donors (Lipinski definition) is 1. The molecule has 1 saturated heterocycles. The van der Waals surface area contributed by atoms with Gasteiger partial charge in [0.15, 0.2) is 11.6 Å². The second-order valence-corrected chi connectivity index (χ2v) is 7.34. The fourth-order valence-electron chi connectivity index (χ4n) is 3.74. The summed E-state index contributed by atoms with van der Waals surface area (Å²) in [4.78, 5) is 27.7. The lowest BCUT2D eigenvalue weighted by Gasteiger charge is -2.27. The summed E-state index contributed by atoms with van der Waals surface area (Å²) in [7, 11) is 0. The molecule has 0 spiro atoms. The Morgan fingerprint density at radius 3 is 2.69 bits per heavy atom. The van der Waals surface area contributed by atoms with Gasteiger partial charge in [-0.15, -0.1) is 0 Å². The van der Waals surface area contributed by atoms with Crippen LogP contribution in [0.4, 0.5) is 15.9 Å². The monoisotopic (exact) mass is 391 g/mol. The Labute approximate surface area is 168 Å². The topological polar surface area (TPSA) is 71.0 Å². The molecule has 1 aliphatic heterocycles. The molecule has 1 fully saturated rings. The highest BCUT2D eigenvalue weighted by atomic mass is 19.1. The molecule has 1 amide bonds. The molecular formula is C22H22FN5O. The summed E-state index contributed by atoms with van der Waals surface area (Å²) >= 11 is 0. The first-order valence-electron chi connectivity index (χ1n) is 9.60. The van der Waals surface area contributed by atoms with Gasteiger partial charge in [-0.2, -0.15) is 0 Å². The molecule has 7 heteroatoms. The maximum absolute atomic E-state index is 13.1. The number of carbonyl (C=O) groups excluding carboxylic acids is 1. The second-order valence-electron chi connectivity index (χ2n) is 7.34. The molecule has 1 N–H and O–H groups in total. The summed E-state index contributed by atoms with van der Waals surface area (Å²) in [6, 6.07) is 11.0. The number of nitrogens with one attached hydrogen (secondary N) is 1. The Kier molecular flexibility index (Phi) is 5.20. The molecule has 0 unspecified atom stereocenters. The molecule has 2 atom stereocenters. The van der Waals surface area contributed by atoms with E-state index in [4.69, 9.17) is 0 Å². The van der Waals surface area contributed by atoms with Gasteiger partial charge >= 0.3 is 0 Å². The molecule has 2 aromatic heterocycles. The first-order valence-corrected chi connectivity index (χ1v) is 9.60. The third-order valence-electron chi connectivity index (χ3n) is 5.28. The number of aromatic nitrogens is 3. The lowest BCUT2D eigenvalue weighted by molar-refractivity contribution is -0.117. The minimum atomic E-state index is -0.485. The van der Waals surface area contributed by atoms with Crippen LogP contribution in [0.5, 0.6) is 0 Å². The van der Waals surface area contributed by atoms with Crippen LogP contribution >= 0.6 is 0 Å². The molecule has 0 radical (unpaired) electrons. The Balaban J connectivity index is 1.58. The van der Waals surface area contributed by atoms with Crippen molar-refractivity contribution in [3.05, 3.63) is 66.4 Å². The van der Waals surface area contributed by atoms with E-state index in [1.54, 1.807) is 6.20 Å². The standard InChI is InChI=1S/C22H22FN5O/c1-14-6-7-17(11-18(14)21-25-12-16(23)13-26-21)27-22(29)20-15(2)8-10-28(20)19-5-3-4-9-24-19/h3-7,9,11-13,15,20H,8,10H2,1-2H3,(H,27,29)/t15-,20-/m1/s1. The van der Waals surface area contributed by atoms with Crippen molar-refractivity contribution < 1.29 is 9.18 Å². The minimum Gasteiger partial charge on any atom is -0.344 e. The van der Waals surface area contributed by atoms with E-state index >= 15 is 0 Å². The minimum absolute atomic E-state index is 0.0736. The lowest BCUT2D eigenvalue weighted by Crippen LogP contribution is -2.43. The van der Waals surface area contributed by atoms with Crippen molar-refractivity contribution in [2.45, 2.75) is 26.3 Å². The van der Waals surface area contributed by atoms with Crippen molar-refractivity contribution in [3.8, 4) is 11.4 Å². The number of halogens is 1. The molecule has 3 heterocycles. The molecule has 148 valence electrons. The molecule has 1 aromatic carbocycles. The van der Waals surface area contributed by atoms with E-state index in [2.05, 4.69) is 32.1 Å². The van der Waals surface area contributed by atoms with Crippen LogP contribution in [0.25, 0.3) is 11.4 Å². The van der Waals surface area contributed by atoms with Gasteiger partial charge in [-0.25, -0.2) is 19.3 Å². The number of amides is 1. The van der Waals surface area contributed by atoms with E-state index in [9.17, 15) is 9.18 Å². The molecule has 0 saturated carbocycles. The van der Waals surface area contributed by atoms with Crippen LogP contribution in [0, 0.1) is 18.7 Å². The van der Waals surface area contributed by atoms with Crippen LogP contribution in [0.2, 0.25) is 0 Å². The summed E-state index contributed by atoms with van der Waals surface area (Å²) in [6.45, 7) is 4.80. The van der Waals surface area contributed by atoms with Crippen LogP contribution < -0.4 is 10.2 Å². The zero-order valence-electron chi connectivity index (χ0n) is 16.3. The van der Waals surface area contributed by atoms with Gasteiger partial charge in [0.25, 0.3) is 0 Å². The Bertz CT molecular complexity index is 1010. The van der Waals surface area contributed by atoms with Crippen molar-refractivity contribution in [1.82, 2.24) is 15.0 Å². The van der Waals surface area contributed by atoms with Crippen LogP contribution in [-0.2, 0) is 4.79 Å². The number of anilines is 2. The molecular weight excluding hydrogens is 369 g/mol. The van der Waals surface area contributed by atoms with Gasteiger partial charge in [0.05, 0.1) is 12.4 Å². The van der Waals surface area contributed by atoms with E-state index < -0.39 is 5.82 Å². The van der Waals surface area contributed by atoms with E-state index in [0.29, 0.717) is 11.5 Å². The largest absolute Gasteiger partial charge is 0.344 e. The number of aryl methyl sites for hydroxylation is 1. The molecule has 4 rings (SSSR count). The highest BCUT2D eigenvalue weighted by Gasteiger charge is 2.37. The van der Waals surface area contributed by atoms with Gasteiger partial charge in [-0.3, -0.25) is 4.79 Å². The quantitative estimate of drug-likeness (QED) is 0.732. The number of rotatable bonds is 4. The fourth-order valence-corrected chi connectivity index (χ4v) is 3.74. The van der Waals surface area contributed by atoms with Crippen LogP contribution in [0.1, 0.15) is 18.9 Å². The summed E-state index contributed by atoms with van der Waals surface area (Å²) in [5.41, 5.74) is 2.35. The smallest absolute Gasteiger partial charge is 0.247 e. The van der Waals surface area contributed by atoms with E-state index in [1.165, 1.54) is 0 Å². The van der Waals surface area contributed by atoms with E-state index in [0.717, 1.165) is 42.3 Å². The fraction of sp³-hybridized carbons (Fsp3) is 0.273. The molecule has 29 heavy (non-hydrogen) atoms. The van der Waals surface area contributed by atoms with Gasteiger partial charge in [-0.05, 0) is 49.1 Å². The SMILES string of the molecule is Cc1ccc(NC(=O)[C@H]2[C@H](C)CCN2c2ccccn2)cc1-c1ncc(F)cn1. The first-order chi connectivity index (χ1) is 14.0. The lowest BCUT2D eigenvalue weighted by atomic mass is 10.0. The van der Waals surface area contributed by atoms with Gasteiger partial charge in [-0.1, -0.05) is 19.1 Å². The zero-order valence-corrected chi connectivity index (χ0v) is 16.3. The predicted molar refractivity (Wildman–Crippen MR) is 110 cm³/mol.